The minimum absolute atomic E-state index is 0.0741. The summed E-state index contributed by atoms with van der Waals surface area (Å²) in [7, 11) is -3.84. The van der Waals surface area contributed by atoms with Crippen LogP contribution >= 0.6 is 0 Å². The summed E-state index contributed by atoms with van der Waals surface area (Å²) in [5.74, 6) is 0.229. The summed E-state index contributed by atoms with van der Waals surface area (Å²) in [5, 5.41) is 0. The van der Waals surface area contributed by atoms with Gasteiger partial charge >= 0.3 is 0 Å². The number of aryl methyl sites for hydroxylation is 1. The lowest BCUT2D eigenvalue weighted by Crippen LogP contribution is -2.17. The minimum Gasteiger partial charge on any atom is -0.475 e. The van der Waals surface area contributed by atoms with Crippen LogP contribution < -0.4 is 9.46 Å². The number of nitrogens with one attached hydrogen (secondary N) is 1. The van der Waals surface area contributed by atoms with Crippen molar-refractivity contribution in [2.75, 3.05) is 11.3 Å². The third kappa shape index (κ3) is 4.41. The van der Waals surface area contributed by atoms with Gasteiger partial charge in [0, 0.05) is 6.42 Å². The van der Waals surface area contributed by atoms with E-state index in [2.05, 4.69) is 14.7 Å². The molecule has 0 fully saturated rings. The van der Waals surface area contributed by atoms with Gasteiger partial charge in [-0.25, -0.2) is 18.4 Å². The highest BCUT2D eigenvalue weighted by Gasteiger charge is 2.21. The summed E-state index contributed by atoms with van der Waals surface area (Å²) >= 11 is 0. The van der Waals surface area contributed by atoms with Crippen molar-refractivity contribution in [1.29, 1.82) is 0 Å². The molecule has 0 spiro atoms. The van der Waals surface area contributed by atoms with E-state index in [0.29, 0.717) is 29.6 Å². The molecule has 0 radical (unpaired) electrons. The zero-order valence-electron chi connectivity index (χ0n) is 16.4. The highest BCUT2D eigenvalue weighted by Crippen LogP contribution is 2.27. The van der Waals surface area contributed by atoms with Gasteiger partial charge in [0.05, 0.1) is 22.5 Å². The monoisotopic (exact) mass is 419 g/mol. The fourth-order valence-electron chi connectivity index (χ4n) is 3.10. The number of para-hydroxylation sites is 2. The second-order valence-corrected chi connectivity index (χ2v) is 8.47. The Morgan fingerprint density at radius 3 is 2.20 bits per heavy atom. The van der Waals surface area contributed by atoms with Gasteiger partial charge in [0.25, 0.3) is 15.9 Å². The van der Waals surface area contributed by atoms with Crippen LogP contribution in [-0.4, -0.2) is 25.0 Å². The number of hydrogen-bond acceptors (Lipinski definition) is 5. The lowest BCUT2D eigenvalue weighted by Gasteiger charge is -2.14. The number of hydrogen-bond donors (Lipinski definition) is 1. The predicted octanol–water partition coefficient (Wildman–Crippen LogP) is 4.36. The predicted molar refractivity (Wildman–Crippen MR) is 117 cm³/mol. The standard InChI is InChI=1S/C23H21N3O3S/c1-17-9-5-8-14-21(17)30(27,28)26-22-23(25-20-13-7-6-12-19(20)24-22)29-16-15-18-10-3-2-4-11-18/h2-14H,15-16H2,1H3,(H,24,26). The number of nitrogens with zero attached hydrogens (tertiary/aromatic N) is 2. The zero-order valence-corrected chi connectivity index (χ0v) is 17.3. The van der Waals surface area contributed by atoms with Crippen molar-refractivity contribution in [2.45, 2.75) is 18.2 Å². The molecule has 0 bridgehead atoms. The highest BCUT2D eigenvalue weighted by molar-refractivity contribution is 7.92. The van der Waals surface area contributed by atoms with Crippen LogP contribution in [0.15, 0.2) is 83.8 Å². The Hall–Kier alpha value is -3.45. The average Bonchev–Trinajstić information content (AvgIpc) is 2.75. The second-order valence-electron chi connectivity index (χ2n) is 6.82. The van der Waals surface area contributed by atoms with E-state index in [1.165, 1.54) is 0 Å². The fraction of sp³-hybridized carbons (Fsp3) is 0.130. The molecule has 0 atom stereocenters. The number of fused-ring (bicyclic) bond motifs is 1. The molecule has 0 aliphatic heterocycles. The van der Waals surface area contributed by atoms with Gasteiger partial charge in [0.1, 0.15) is 0 Å². The first kappa shape index (κ1) is 19.8. The number of ether oxygens (including phenoxy) is 1. The third-order valence-electron chi connectivity index (χ3n) is 4.63. The van der Waals surface area contributed by atoms with Gasteiger partial charge in [-0.05, 0) is 36.2 Å². The molecular weight excluding hydrogens is 398 g/mol. The van der Waals surface area contributed by atoms with E-state index in [0.717, 1.165) is 5.56 Å². The molecule has 0 unspecified atom stereocenters. The number of rotatable bonds is 7. The molecule has 0 aliphatic rings. The summed E-state index contributed by atoms with van der Waals surface area (Å²) in [6.45, 7) is 2.09. The second kappa shape index (κ2) is 8.51. The Kier molecular flexibility index (Phi) is 5.63. The first-order chi connectivity index (χ1) is 14.5. The summed E-state index contributed by atoms with van der Waals surface area (Å²) < 4.78 is 34.4. The summed E-state index contributed by atoms with van der Waals surface area (Å²) in [5.41, 5.74) is 2.97. The van der Waals surface area contributed by atoms with Gasteiger partial charge < -0.3 is 4.74 Å². The number of anilines is 1. The van der Waals surface area contributed by atoms with Crippen molar-refractivity contribution < 1.29 is 13.2 Å². The van der Waals surface area contributed by atoms with Gasteiger partial charge in [-0.2, -0.15) is 0 Å². The maximum Gasteiger partial charge on any atom is 0.263 e. The molecule has 4 aromatic rings. The van der Waals surface area contributed by atoms with E-state index in [-0.39, 0.29) is 16.6 Å². The van der Waals surface area contributed by atoms with Crippen molar-refractivity contribution in [3.63, 3.8) is 0 Å². The Bertz CT molecular complexity index is 1280. The van der Waals surface area contributed by atoms with Gasteiger partial charge in [-0.3, -0.25) is 4.72 Å². The third-order valence-corrected chi connectivity index (χ3v) is 6.12. The molecule has 0 amide bonds. The van der Waals surface area contributed by atoms with Gasteiger partial charge in [-0.1, -0.05) is 60.7 Å². The van der Waals surface area contributed by atoms with E-state index in [1.54, 1.807) is 37.3 Å². The van der Waals surface area contributed by atoms with Crippen LogP contribution in [0.25, 0.3) is 11.0 Å². The minimum atomic E-state index is -3.84. The van der Waals surface area contributed by atoms with Crippen LogP contribution in [0.4, 0.5) is 5.82 Å². The SMILES string of the molecule is Cc1ccccc1S(=O)(=O)Nc1nc2ccccc2nc1OCCc1ccccc1. The van der Waals surface area contributed by atoms with E-state index in [4.69, 9.17) is 4.74 Å². The average molecular weight is 420 g/mol. The van der Waals surface area contributed by atoms with Gasteiger partial charge in [-0.15, -0.1) is 0 Å². The molecule has 4 rings (SSSR count). The maximum atomic E-state index is 13.0. The van der Waals surface area contributed by atoms with Crippen molar-refractivity contribution in [3.05, 3.63) is 90.0 Å². The van der Waals surface area contributed by atoms with Crippen molar-refractivity contribution >= 4 is 26.9 Å². The molecule has 152 valence electrons. The summed E-state index contributed by atoms with van der Waals surface area (Å²) in [6, 6.07) is 24.0. The molecule has 7 heteroatoms. The molecule has 0 aliphatic carbocycles. The lowest BCUT2D eigenvalue weighted by atomic mass is 10.2. The number of benzene rings is 3. The smallest absolute Gasteiger partial charge is 0.263 e. The Morgan fingerprint density at radius 1 is 0.833 bits per heavy atom. The maximum absolute atomic E-state index is 13.0. The molecule has 1 N–H and O–H groups in total. The first-order valence-corrected chi connectivity index (χ1v) is 11.0. The quantitative estimate of drug-likeness (QED) is 0.481. The summed E-state index contributed by atoms with van der Waals surface area (Å²) in [6.07, 6.45) is 0.666. The van der Waals surface area contributed by atoms with E-state index in [1.807, 2.05) is 48.5 Å². The first-order valence-electron chi connectivity index (χ1n) is 9.55. The van der Waals surface area contributed by atoms with Crippen molar-refractivity contribution in [1.82, 2.24) is 9.97 Å². The van der Waals surface area contributed by atoms with Crippen LogP contribution in [-0.2, 0) is 16.4 Å². The van der Waals surface area contributed by atoms with Crippen molar-refractivity contribution in [3.8, 4) is 5.88 Å². The molecule has 0 saturated carbocycles. The van der Waals surface area contributed by atoms with Gasteiger partial charge in [0.2, 0.25) is 5.82 Å². The molecule has 1 heterocycles. The van der Waals surface area contributed by atoms with E-state index in [9.17, 15) is 8.42 Å². The molecule has 1 aromatic heterocycles. The van der Waals surface area contributed by atoms with Crippen LogP contribution in [0, 0.1) is 6.92 Å². The van der Waals surface area contributed by atoms with Crippen LogP contribution in [0.2, 0.25) is 0 Å². The Morgan fingerprint density at radius 2 is 1.47 bits per heavy atom. The number of sulfonamides is 1. The Balaban J connectivity index is 1.65. The van der Waals surface area contributed by atoms with Gasteiger partial charge in [0.15, 0.2) is 0 Å². The Labute approximate surface area is 175 Å². The zero-order chi connectivity index (χ0) is 21.0. The number of aromatic nitrogens is 2. The van der Waals surface area contributed by atoms with Crippen LogP contribution in [0.5, 0.6) is 5.88 Å². The normalized spacial score (nSPS) is 11.4. The molecule has 3 aromatic carbocycles. The van der Waals surface area contributed by atoms with Crippen molar-refractivity contribution in [2.24, 2.45) is 0 Å². The highest BCUT2D eigenvalue weighted by atomic mass is 32.2. The largest absolute Gasteiger partial charge is 0.475 e. The molecule has 0 saturated heterocycles. The molecular formula is C23H21N3O3S. The topological polar surface area (TPSA) is 81.2 Å². The molecule has 6 nitrogen and oxygen atoms in total. The van der Waals surface area contributed by atoms with E-state index >= 15 is 0 Å². The fourth-order valence-corrected chi connectivity index (χ4v) is 4.35. The molecule has 30 heavy (non-hydrogen) atoms. The van der Waals surface area contributed by atoms with Crippen LogP contribution in [0.1, 0.15) is 11.1 Å². The summed E-state index contributed by atoms with van der Waals surface area (Å²) in [4.78, 5) is 9.15. The van der Waals surface area contributed by atoms with E-state index < -0.39 is 10.0 Å². The van der Waals surface area contributed by atoms with Crippen LogP contribution in [0.3, 0.4) is 0 Å². The lowest BCUT2D eigenvalue weighted by molar-refractivity contribution is 0.311.